The van der Waals surface area contributed by atoms with Gasteiger partial charge in [0.15, 0.2) is 0 Å². The molecule has 1 fully saturated rings. The molecule has 3 rings (SSSR count). The molecule has 0 spiro atoms. The van der Waals surface area contributed by atoms with Gasteiger partial charge in [-0.2, -0.15) is 0 Å². The van der Waals surface area contributed by atoms with E-state index in [0.29, 0.717) is 17.2 Å². The molecule has 2 aromatic rings. The van der Waals surface area contributed by atoms with Crippen LogP contribution in [0.4, 0.5) is 5.69 Å². The largest absolute Gasteiger partial charge is 0.381 e. The summed E-state index contributed by atoms with van der Waals surface area (Å²) in [6.45, 7) is 10.6. The number of rotatable bonds is 7. The van der Waals surface area contributed by atoms with Crippen LogP contribution in [0, 0.1) is 20.8 Å². The van der Waals surface area contributed by atoms with Gasteiger partial charge < -0.3 is 19.9 Å². The Morgan fingerprint density at radius 1 is 1.23 bits per heavy atom. The SMILES string of the molecule is CCCN(c1cc(Br)cc(C(=O)NCc2c(C)cc(C)[nH]c2=O)c1C)C1CCOCC1. The molecule has 0 bridgehead atoms. The first-order valence-corrected chi connectivity index (χ1v) is 11.7. The van der Waals surface area contributed by atoms with Gasteiger partial charge in [0, 0.05) is 59.3 Å². The molecule has 1 aliphatic rings. The average molecular weight is 490 g/mol. The molecule has 1 saturated heterocycles. The Morgan fingerprint density at radius 2 is 1.94 bits per heavy atom. The second-order valence-electron chi connectivity index (χ2n) is 8.26. The van der Waals surface area contributed by atoms with Gasteiger partial charge in [0.2, 0.25) is 0 Å². The number of anilines is 1. The molecule has 7 heteroatoms. The van der Waals surface area contributed by atoms with E-state index in [-0.39, 0.29) is 18.0 Å². The first-order valence-electron chi connectivity index (χ1n) is 10.9. The minimum absolute atomic E-state index is 0.155. The van der Waals surface area contributed by atoms with Crippen molar-refractivity contribution >= 4 is 27.5 Å². The Bertz CT molecular complexity index is 996. The fraction of sp³-hybridized carbons (Fsp3) is 0.500. The lowest BCUT2D eigenvalue weighted by Crippen LogP contribution is -2.40. The molecule has 1 aromatic heterocycles. The number of carbonyl (C=O) groups excluding carboxylic acids is 1. The van der Waals surface area contributed by atoms with E-state index in [2.05, 4.69) is 44.1 Å². The number of amides is 1. The van der Waals surface area contributed by atoms with E-state index in [9.17, 15) is 9.59 Å². The Hall–Kier alpha value is -2.12. The van der Waals surface area contributed by atoms with Crippen molar-refractivity contribution in [3.05, 3.63) is 61.0 Å². The summed E-state index contributed by atoms with van der Waals surface area (Å²) in [6, 6.07) is 6.29. The fourth-order valence-electron chi connectivity index (χ4n) is 4.30. The van der Waals surface area contributed by atoms with E-state index in [1.165, 1.54) is 0 Å². The minimum atomic E-state index is -0.178. The van der Waals surface area contributed by atoms with Crippen LogP contribution in [0.1, 0.15) is 58.9 Å². The maximum Gasteiger partial charge on any atom is 0.253 e. The van der Waals surface area contributed by atoms with Gasteiger partial charge in [-0.05, 0) is 69.4 Å². The van der Waals surface area contributed by atoms with Crippen LogP contribution in [0.2, 0.25) is 0 Å². The third kappa shape index (κ3) is 5.57. The molecule has 2 heterocycles. The predicted octanol–water partition coefficient (Wildman–Crippen LogP) is 4.39. The summed E-state index contributed by atoms with van der Waals surface area (Å²) in [5.41, 5.74) is 4.78. The number of H-pyrrole nitrogens is 1. The van der Waals surface area contributed by atoms with Crippen molar-refractivity contribution in [2.45, 2.75) is 59.5 Å². The number of pyridine rings is 1. The molecule has 1 amide bonds. The van der Waals surface area contributed by atoms with Gasteiger partial charge in [-0.1, -0.05) is 22.9 Å². The average Bonchev–Trinajstić information content (AvgIpc) is 2.73. The molecule has 168 valence electrons. The van der Waals surface area contributed by atoms with Crippen LogP contribution in [0.15, 0.2) is 27.5 Å². The number of halogens is 1. The zero-order valence-electron chi connectivity index (χ0n) is 18.8. The van der Waals surface area contributed by atoms with Gasteiger partial charge in [0.05, 0.1) is 0 Å². The van der Waals surface area contributed by atoms with Crippen molar-refractivity contribution in [1.29, 1.82) is 0 Å². The van der Waals surface area contributed by atoms with E-state index < -0.39 is 0 Å². The second-order valence-corrected chi connectivity index (χ2v) is 9.18. The van der Waals surface area contributed by atoms with Crippen molar-refractivity contribution in [1.82, 2.24) is 10.3 Å². The molecule has 1 aromatic carbocycles. The van der Waals surface area contributed by atoms with Gasteiger partial charge in [0.1, 0.15) is 0 Å². The maximum absolute atomic E-state index is 13.1. The summed E-state index contributed by atoms with van der Waals surface area (Å²) in [4.78, 5) is 30.6. The molecule has 1 aliphatic heterocycles. The molecule has 0 unspecified atom stereocenters. The predicted molar refractivity (Wildman–Crippen MR) is 128 cm³/mol. The molecule has 2 N–H and O–H groups in total. The van der Waals surface area contributed by atoms with Crippen molar-refractivity contribution in [3.8, 4) is 0 Å². The molecule has 0 saturated carbocycles. The van der Waals surface area contributed by atoms with Crippen molar-refractivity contribution in [3.63, 3.8) is 0 Å². The number of ether oxygens (including phenoxy) is 1. The monoisotopic (exact) mass is 489 g/mol. The maximum atomic E-state index is 13.1. The number of carbonyl (C=O) groups is 1. The number of nitrogens with zero attached hydrogens (tertiary/aromatic N) is 1. The van der Waals surface area contributed by atoms with Crippen LogP contribution in [0.25, 0.3) is 0 Å². The number of hydrogen-bond donors (Lipinski definition) is 2. The molecule has 0 atom stereocenters. The first-order chi connectivity index (χ1) is 14.8. The van der Waals surface area contributed by atoms with E-state index in [4.69, 9.17) is 4.74 Å². The summed E-state index contributed by atoms with van der Waals surface area (Å²) in [7, 11) is 0. The zero-order chi connectivity index (χ0) is 22.5. The second kappa shape index (κ2) is 10.5. The molecule has 0 aliphatic carbocycles. The van der Waals surface area contributed by atoms with Crippen LogP contribution in [-0.2, 0) is 11.3 Å². The normalized spacial score (nSPS) is 14.5. The number of benzene rings is 1. The summed E-state index contributed by atoms with van der Waals surface area (Å²) in [6.07, 6.45) is 3.01. The molecular formula is C24H32BrN3O3. The van der Waals surface area contributed by atoms with E-state index in [1.54, 1.807) is 0 Å². The van der Waals surface area contributed by atoms with E-state index in [0.717, 1.165) is 66.0 Å². The summed E-state index contributed by atoms with van der Waals surface area (Å²) in [5.74, 6) is -0.178. The number of aromatic nitrogens is 1. The highest BCUT2D eigenvalue weighted by Gasteiger charge is 2.25. The zero-order valence-corrected chi connectivity index (χ0v) is 20.4. The Kier molecular flexibility index (Phi) is 7.94. The van der Waals surface area contributed by atoms with Crippen LogP contribution < -0.4 is 15.8 Å². The molecule has 31 heavy (non-hydrogen) atoms. The third-order valence-corrected chi connectivity index (χ3v) is 6.37. The lowest BCUT2D eigenvalue weighted by atomic mass is 10.0. The highest BCUT2D eigenvalue weighted by molar-refractivity contribution is 9.10. The highest BCUT2D eigenvalue weighted by atomic mass is 79.9. The fourth-order valence-corrected chi connectivity index (χ4v) is 4.75. The summed E-state index contributed by atoms with van der Waals surface area (Å²) in [5, 5.41) is 2.94. The lowest BCUT2D eigenvalue weighted by Gasteiger charge is -2.37. The minimum Gasteiger partial charge on any atom is -0.381 e. The summed E-state index contributed by atoms with van der Waals surface area (Å²) < 4.78 is 6.42. The summed E-state index contributed by atoms with van der Waals surface area (Å²) >= 11 is 3.60. The van der Waals surface area contributed by atoms with E-state index >= 15 is 0 Å². The number of hydrogen-bond acceptors (Lipinski definition) is 4. The lowest BCUT2D eigenvalue weighted by molar-refractivity contribution is 0.0843. The Morgan fingerprint density at radius 3 is 2.58 bits per heavy atom. The van der Waals surface area contributed by atoms with Gasteiger partial charge in [-0.3, -0.25) is 9.59 Å². The topological polar surface area (TPSA) is 74.4 Å². The number of aryl methyl sites for hydroxylation is 2. The van der Waals surface area contributed by atoms with Crippen LogP contribution in [0.5, 0.6) is 0 Å². The van der Waals surface area contributed by atoms with Crippen molar-refractivity contribution in [2.75, 3.05) is 24.7 Å². The van der Waals surface area contributed by atoms with Crippen LogP contribution in [-0.4, -0.2) is 36.7 Å². The standard InChI is InChI=1S/C24H32BrN3O3/c1-5-8-28(19-6-9-31-10-7-19)22-13-18(25)12-20(17(22)4)23(29)26-14-21-15(2)11-16(3)27-24(21)30/h11-13,19H,5-10,14H2,1-4H3,(H,26,29)(H,27,30). The van der Waals surface area contributed by atoms with Crippen molar-refractivity contribution < 1.29 is 9.53 Å². The van der Waals surface area contributed by atoms with Gasteiger partial charge in [-0.25, -0.2) is 0 Å². The quantitative estimate of drug-likeness (QED) is 0.604. The molecule has 0 radical (unpaired) electrons. The smallest absolute Gasteiger partial charge is 0.253 e. The molecular weight excluding hydrogens is 458 g/mol. The van der Waals surface area contributed by atoms with E-state index in [1.807, 2.05) is 32.9 Å². The Labute approximate surface area is 192 Å². The number of aromatic amines is 1. The van der Waals surface area contributed by atoms with Crippen LogP contribution >= 0.6 is 15.9 Å². The first kappa shape index (κ1) is 23.5. The highest BCUT2D eigenvalue weighted by Crippen LogP contribution is 2.32. The molecule has 6 nitrogen and oxygen atoms in total. The van der Waals surface area contributed by atoms with Gasteiger partial charge >= 0.3 is 0 Å². The number of nitrogens with one attached hydrogen (secondary N) is 2. The Balaban J connectivity index is 1.87. The third-order valence-electron chi connectivity index (χ3n) is 5.91. The van der Waals surface area contributed by atoms with Gasteiger partial charge in [-0.15, -0.1) is 0 Å². The van der Waals surface area contributed by atoms with Crippen LogP contribution in [0.3, 0.4) is 0 Å². The van der Waals surface area contributed by atoms with Gasteiger partial charge in [0.25, 0.3) is 11.5 Å². The van der Waals surface area contributed by atoms with Crippen molar-refractivity contribution in [2.24, 2.45) is 0 Å².